The van der Waals surface area contributed by atoms with Crippen LogP contribution in [-0.2, 0) is 20.7 Å². The zero-order valence-corrected chi connectivity index (χ0v) is 16.8. The fraction of sp³-hybridized carbons (Fsp3) is 0.316. The van der Waals surface area contributed by atoms with Gasteiger partial charge in [0.2, 0.25) is 0 Å². The smallest absolute Gasteiger partial charge is 0.325 e. The molecule has 0 saturated heterocycles. The van der Waals surface area contributed by atoms with Crippen molar-refractivity contribution in [3.63, 3.8) is 0 Å². The van der Waals surface area contributed by atoms with Gasteiger partial charge in [-0.1, -0.05) is 30.0 Å². The molecule has 0 aliphatic rings. The molecular formula is C19H22N4O4S. The fourth-order valence-corrected chi connectivity index (χ4v) is 2.91. The van der Waals surface area contributed by atoms with Crippen LogP contribution in [0.5, 0.6) is 0 Å². The van der Waals surface area contributed by atoms with Crippen molar-refractivity contribution in [1.29, 1.82) is 0 Å². The molecule has 0 saturated carbocycles. The Hall–Kier alpha value is -2.94. The van der Waals surface area contributed by atoms with Gasteiger partial charge in [0.15, 0.2) is 11.8 Å². The number of urea groups is 1. The molecule has 0 bridgehead atoms. The topological polar surface area (TPSA) is 110 Å². The van der Waals surface area contributed by atoms with Crippen LogP contribution in [0, 0.1) is 13.8 Å². The number of benzene rings is 1. The molecule has 0 atom stereocenters. The van der Waals surface area contributed by atoms with E-state index in [9.17, 15) is 14.4 Å². The number of esters is 1. The first kappa shape index (κ1) is 21.4. The van der Waals surface area contributed by atoms with Crippen LogP contribution in [0.15, 0.2) is 35.5 Å². The molecule has 28 heavy (non-hydrogen) atoms. The Kier molecular flexibility index (Phi) is 7.94. The van der Waals surface area contributed by atoms with Crippen LogP contribution in [0.3, 0.4) is 0 Å². The molecule has 0 spiro atoms. The molecule has 0 aliphatic heterocycles. The number of ether oxygens (including phenoxy) is 1. The summed E-state index contributed by atoms with van der Waals surface area (Å²) in [7, 11) is 0. The van der Waals surface area contributed by atoms with E-state index in [0.29, 0.717) is 17.3 Å². The number of hydrogen-bond donors (Lipinski definition) is 2. The third-order valence-electron chi connectivity index (χ3n) is 3.81. The number of para-hydroxylation sites is 1. The van der Waals surface area contributed by atoms with E-state index in [1.54, 1.807) is 30.3 Å². The van der Waals surface area contributed by atoms with Gasteiger partial charge >= 0.3 is 12.0 Å². The van der Waals surface area contributed by atoms with E-state index < -0.39 is 24.5 Å². The lowest BCUT2D eigenvalue weighted by molar-refractivity contribution is -0.148. The van der Waals surface area contributed by atoms with E-state index in [4.69, 9.17) is 4.74 Å². The van der Waals surface area contributed by atoms with Gasteiger partial charge in [-0.05, 0) is 44.2 Å². The number of carbonyl (C=O) groups excluding carboxylic acids is 3. The standard InChI is InChI=1S/C19H22N4O4S/c1-12-15(13(2)21-19(20-12)28-3)9-10-17(25)27-11-16(24)23-18(26)22-14-7-5-4-6-8-14/h4-8H,9-11H2,1-3H3,(H2,22,23,24,26). The number of hydrogen-bond acceptors (Lipinski definition) is 7. The zero-order valence-electron chi connectivity index (χ0n) is 15.9. The Balaban J connectivity index is 1.75. The molecule has 1 aromatic heterocycles. The third kappa shape index (κ3) is 6.66. The number of imide groups is 1. The highest BCUT2D eigenvalue weighted by atomic mass is 32.2. The number of aryl methyl sites for hydroxylation is 2. The van der Waals surface area contributed by atoms with Crippen LogP contribution in [0.25, 0.3) is 0 Å². The van der Waals surface area contributed by atoms with Crippen molar-refractivity contribution in [3.8, 4) is 0 Å². The normalized spacial score (nSPS) is 10.2. The summed E-state index contributed by atoms with van der Waals surface area (Å²) in [6.07, 6.45) is 2.41. The van der Waals surface area contributed by atoms with Gasteiger partial charge < -0.3 is 10.1 Å². The number of thioether (sulfide) groups is 1. The number of aromatic nitrogens is 2. The summed E-state index contributed by atoms with van der Waals surface area (Å²) in [5.41, 5.74) is 3.08. The maximum Gasteiger partial charge on any atom is 0.325 e. The van der Waals surface area contributed by atoms with Gasteiger partial charge in [0.05, 0.1) is 0 Å². The monoisotopic (exact) mass is 402 g/mol. The van der Waals surface area contributed by atoms with E-state index in [1.807, 2.05) is 20.1 Å². The Bertz CT molecular complexity index is 835. The van der Waals surface area contributed by atoms with Crippen molar-refractivity contribution in [2.24, 2.45) is 0 Å². The van der Waals surface area contributed by atoms with Gasteiger partial charge in [0, 0.05) is 23.5 Å². The average Bonchev–Trinajstić information content (AvgIpc) is 2.66. The average molecular weight is 402 g/mol. The van der Waals surface area contributed by atoms with Gasteiger partial charge in [-0.15, -0.1) is 0 Å². The molecule has 8 nitrogen and oxygen atoms in total. The number of nitrogens with zero attached hydrogens (tertiary/aromatic N) is 2. The van der Waals surface area contributed by atoms with Gasteiger partial charge in [-0.2, -0.15) is 0 Å². The number of nitrogens with one attached hydrogen (secondary N) is 2. The first-order valence-corrected chi connectivity index (χ1v) is 9.81. The predicted octanol–water partition coefficient (Wildman–Crippen LogP) is 2.64. The molecule has 9 heteroatoms. The predicted molar refractivity (Wildman–Crippen MR) is 106 cm³/mol. The molecule has 0 aliphatic carbocycles. The molecule has 148 valence electrons. The van der Waals surface area contributed by atoms with Crippen molar-refractivity contribution in [1.82, 2.24) is 15.3 Å². The lowest BCUT2D eigenvalue weighted by atomic mass is 10.1. The second-order valence-electron chi connectivity index (χ2n) is 5.89. The van der Waals surface area contributed by atoms with Crippen LogP contribution in [-0.4, -0.2) is 40.7 Å². The quantitative estimate of drug-likeness (QED) is 0.416. The minimum absolute atomic E-state index is 0.0904. The number of rotatable bonds is 7. The van der Waals surface area contributed by atoms with Crippen LogP contribution in [0.2, 0.25) is 0 Å². The highest BCUT2D eigenvalue weighted by Gasteiger charge is 2.14. The minimum atomic E-state index is -0.707. The summed E-state index contributed by atoms with van der Waals surface area (Å²) in [5.74, 6) is -1.24. The largest absolute Gasteiger partial charge is 0.456 e. The van der Waals surface area contributed by atoms with E-state index in [1.165, 1.54) is 11.8 Å². The Morgan fingerprint density at radius 2 is 1.71 bits per heavy atom. The fourth-order valence-electron chi connectivity index (χ4n) is 2.45. The highest BCUT2D eigenvalue weighted by molar-refractivity contribution is 7.98. The van der Waals surface area contributed by atoms with Crippen LogP contribution < -0.4 is 10.6 Å². The lowest BCUT2D eigenvalue weighted by Gasteiger charge is -2.10. The van der Waals surface area contributed by atoms with Gasteiger partial charge in [0.25, 0.3) is 5.91 Å². The summed E-state index contributed by atoms with van der Waals surface area (Å²) in [4.78, 5) is 44.1. The van der Waals surface area contributed by atoms with Gasteiger partial charge in [-0.25, -0.2) is 14.8 Å². The van der Waals surface area contributed by atoms with Gasteiger partial charge in [0.1, 0.15) is 0 Å². The number of amides is 3. The van der Waals surface area contributed by atoms with Crippen LogP contribution in [0.1, 0.15) is 23.4 Å². The molecule has 0 unspecified atom stereocenters. The Morgan fingerprint density at radius 1 is 1.07 bits per heavy atom. The van der Waals surface area contributed by atoms with E-state index in [-0.39, 0.29) is 6.42 Å². The molecule has 0 radical (unpaired) electrons. The van der Waals surface area contributed by atoms with Crippen molar-refractivity contribution >= 4 is 35.4 Å². The van der Waals surface area contributed by atoms with E-state index >= 15 is 0 Å². The zero-order chi connectivity index (χ0) is 20.5. The van der Waals surface area contributed by atoms with Crippen molar-refractivity contribution in [3.05, 3.63) is 47.3 Å². The van der Waals surface area contributed by atoms with Crippen molar-refractivity contribution in [2.45, 2.75) is 31.8 Å². The molecule has 2 aromatic rings. The highest BCUT2D eigenvalue weighted by Crippen LogP contribution is 2.17. The van der Waals surface area contributed by atoms with E-state index in [0.717, 1.165) is 17.0 Å². The maximum atomic E-state index is 11.9. The summed E-state index contributed by atoms with van der Waals surface area (Å²) >= 11 is 1.46. The number of anilines is 1. The third-order valence-corrected chi connectivity index (χ3v) is 4.36. The van der Waals surface area contributed by atoms with Gasteiger partial charge in [-0.3, -0.25) is 14.9 Å². The summed E-state index contributed by atoms with van der Waals surface area (Å²) in [6.45, 7) is 3.21. The van der Waals surface area contributed by atoms with E-state index in [2.05, 4.69) is 20.6 Å². The Morgan fingerprint density at radius 3 is 2.32 bits per heavy atom. The Labute approximate surface area is 167 Å². The molecule has 3 amide bonds. The first-order chi connectivity index (χ1) is 13.4. The minimum Gasteiger partial charge on any atom is -0.456 e. The SMILES string of the molecule is CSc1nc(C)c(CCC(=O)OCC(=O)NC(=O)Nc2ccccc2)c(C)n1. The molecule has 2 N–H and O–H groups in total. The maximum absolute atomic E-state index is 11.9. The van der Waals surface area contributed by atoms with Crippen LogP contribution in [0.4, 0.5) is 10.5 Å². The van der Waals surface area contributed by atoms with Crippen LogP contribution >= 0.6 is 11.8 Å². The summed E-state index contributed by atoms with van der Waals surface area (Å²) in [6, 6.07) is 7.99. The molecule has 0 fully saturated rings. The van der Waals surface area contributed by atoms with Crippen molar-refractivity contribution in [2.75, 3.05) is 18.2 Å². The summed E-state index contributed by atoms with van der Waals surface area (Å²) < 4.78 is 4.93. The summed E-state index contributed by atoms with van der Waals surface area (Å²) in [5, 5.41) is 5.29. The van der Waals surface area contributed by atoms with Crippen molar-refractivity contribution < 1.29 is 19.1 Å². The molecular weight excluding hydrogens is 380 g/mol. The molecule has 1 aromatic carbocycles. The second kappa shape index (κ2) is 10.4. The molecule has 2 rings (SSSR count). The second-order valence-corrected chi connectivity index (χ2v) is 6.66. The molecule has 1 heterocycles. The number of carbonyl (C=O) groups is 3. The lowest BCUT2D eigenvalue weighted by Crippen LogP contribution is -2.37. The first-order valence-electron chi connectivity index (χ1n) is 8.58.